The van der Waals surface area contributed by atoms with E-state index in [1.165, 1.54) is 25.3 Å². The molecular weight excluding hydrogens is 455 g/mol. The van der Waals surface area contributed by atoms with Gasteiger partial charge in [0.15, 0.2) is 0 Å². The third kappa shape index (κ3) is 6.79. The molecule has 0 unspecified atom stereocenters. The molecule has 0 radical (unpaired) electrons. The Morgan fingerprint density at radius 1 is 0.941 bits per heavy atom. The fourth-order valence-corrected chi connectivity index (χ4v) is 2.89. The van der Waals surface area contributed by atoms with Crippen molar-refractivity contribution in [2.45, 2.75) is 12.9 Å². The van der Waals surface area contributed by atoms with E-state index in [4.69, 9.17) is 15.2 Å². The number of benzene rings is 3. The van der Waals surface area contributed by atoms with Crippen molar-refractivity contribution in [1.82, 2.24) is 5.32 Å². The number of primary amides is 1. The molecule has 178 valence electrons. The van der Waals surface area contributed by atoms with Gasteiger partial charge in [-0.3, -0.25) is 4.79 Å². The van der Waals surface area contributed by atoms with Crippen LogP contribution >= 0.6 is 0 Å². The van der Waals surface area contributed by atoms with Crippen LogP contribution in [-0.4, -0.2) is 25.4 Å². The van der Waals surface area contributed by atoms with Gasteiger partial charge in [0.1, 0.15) is 23.0 Å². The normalized spacial score (nSPS) is 10.8. The summed E-state index contributed by atoms with van der Waals surface area (Å²) in [6.45, 7) is 0.0441. The summed E-state index contributed by atoms with van der Waals surface area (Å²) in [6, 6.07) is 15.7. The summed E-state index contributed by atoms with van der Waals surface area (Å²) >= 11 is 0. The Morgan fingerprint density at radius 3 is 2.26 bits per heavy atom. The smallest absolute Gasteiger partial charge is 0.495 e. The SMILES string of the molecule is COc1ccc(OC(F)(F)F)cc1NC(=O)NCc1ccccc1Oc1ccc(C(N)=O)cc1. The molecule has 3 aromatic carbocycles. The highest BCUT2D eigenvalue weighted by molar-refractivity contribution is 5.93. The number of ether oxygens (including phenoxy) is 3. The standard InChI is InChI=1S/C23H20F3N3O5/c1-32-20-11-10-17(34-23(24,25)26)12-18(20)29-22(31)28-13-15-4-2-3-5-19(15)33-16-8-6-14(7-9-16)21(27)30/h2-12H,13H2,1H3,(H2,27,30)(H2,28,29,31). The number of para-hydroxylation sites is 1. The van der Waals surface area contributed by atoms with Crippen LogP contribution in [0.4, 0.5) is 23.7 Å². The third-order valence-corrected chi connectivity index (χ3v) is 4.43. The first-order chi connectivity index (χ1) is 16.1. The minimum Gasteiger partial charge on any atom is -0.495 e. The summed E-state index contributed by atoms with van der Waals surface area (Å²) in [5.74, 6) is -0.0206. The molecule has 0 fully saturated rings. The number of alkyl halides is 3. The number of hydrogen-bond donors (Lipinski definition) is 3. The molecule has 0 aliphatic heterocycles. The number of nitrogens with two attached hydrogens (primary N) is 1. The fourth-order valence-electron chi connectivity index (χ4n) is 2.89. The molecule has 34 heavy (non-hydrogen) atoms. The van der Waals surface area contributed by atoms with Gasteiger partial charge < -0.3 is 30.6 Å². The molecule has 0 atom stereocenters. The average molecular weight is 475 g/mol. The number of urea groups is 1. The minimum absolute atomic E-state index is 0.0131. The van der Waals surface area contributed by atoms with E-state index in [1.54, 1.807) is 36.4 Å². The molecule has 8 nitrogen and oxygen atoms in total. The highest BCUT2D eigenvalue weighted by Crippen LogP contribution is 2.32. The van der Waals surface area contributed by atoms with E-state index < -0.39 is 24.1 Å². The van der Waals surface area contributed by atoms with Crippen LogP contribution in [0.5, 0.6) is 23.0 Å². The Balaban J connectivity index is 1.66. The van der Waals surface area contributed by atoms with Gasteiger partial charge >= 0.3 is 12.4 Å². The van der Waals surface area contributed by atoms with E-state index in [2.05, 4.69) is 15.4 Å². The Kier molecular flexibility index (Phi) is 7.46. The Bertz CT molecular complexity index is 1170. The highest BCUT2D eigenvalue weighted by Gasteiger charge is 2.31. The lowest BCUT2D eigenvalue weighted by atomic mass is 10.2. The second-order valence-corrected chi connectivity index (χ2v) is 6.82. The maximum Gasteiger partial charge on any atom is 0.573 e. The van der Waals surface area contributed by atoms with E-state index in [1.807, 2.05) is 0 Å². The molecular formula is C23H20F3N3O5. The van der Waals surface area contributed by atoms with Crippen LogP contribution in [0.15, 0.2) is 66.7 Å². The van der Waals surface area contributed by atoms with Crippen LogP contribution in [0, 0.1) is 0 Å². The Hall–Kier alpha value is -4.41. The minimum atomic E-state index is -4.88. The third-order valence-electron chi connectivity index (χ3n) is 4.43. The molecule has 0 spiro atoms. The number of carbonyl (C=O) groups is 2. The molecule has 0 saturated heterocycles. The second-order valence-electron chi connectivity index (χ2n) is 6.82. The molecule has 0 heterocycles. The summed E-state index contributed by atoms with van der Waals surface area (Å²) in [5, 5.41) is 5.04. The van der Waals surface area contributed by atoms with Crippen molar-refractivity contribution < 1.29 is 37.0 Å². The summed E-state index contributed by atoms with van der Waals surface area (Å²) in [6.07, 6.45) is -4.88. The average Bonchev–Trinajstić information content (AvgIpc) is 2.78. The van der Waals surface area contributed by atoms with Crippen molar-refractivity contribution in [2.75, 3.05) is 12.4 Å². The highest BCUT2D eigenvalue weighted by atomic mass is 19.4. The summed E-state index contributed by atoms with van der Waals surface area (Å²) < 4.78 is 52.2. The van der Waals surface area contributed by atoms with Gasteiger partial charge in [-0.25, -0.2) is 4.79 Å². The van der Waals surface area contributed by atoms with E-state index in [-0.39, 0.29) is 18.0 Å². The molecule has 4 N–H and O–H groups in total. The number of amides is 3. The lowest BCUT2D eigenvalue weighted by Crippen LogP contribution is -2.28. The van der Waals surface area contributed by atoms with Crippen LogP contribution < -0.4 is 30.6 Å². The summed E-state index contributed by atoms with van der Waals surface area (Å²) in [5.41, 5.74) is 6.17. The van der Waals surface area contributed by atoms with Gasteiger partial charge in [-0.05, 0) is 42.5 Å². The zero-order valence-electron chi connectivity index (χ0n) is 17.8. The maximum absolute atomic E-state index is 12.5. The van der Waals surface area contributed by atoms with Crippen molar-refractivity contribution in [3.63, 3.8) is 0 Å². The van der Waals surface area contributed by atoms with Gasteiger partial charge in [0.05, 0.1) is 12.8 Å². The van der Waals surface area contributed by atoms with E-state index in [9.17, 15) is 22.8 Å². The van der Waals surface area contributed by atoms with Crippen molar-refractivity contribution in [2.24, 2.45) is 5.73 Å². The number of rotatable bonds is 8. The zero-order chi connectivity index (χ0) is 24.7. The predicted octanol–water partition coefficient (Wildman–Crippen LogP) is 4.81. The molecule has 11 heteroatoms. The van der Waals surface area contributed by atoms with Crippen LogP contribution in [0.25, 0.3) is 0 Å². The van der Waals surface area contributed by atoms with Crippen molar-refractivity contribution in [3.05, 3.63) is 77.9 Å². The van der Waals surface area contributed by atoms with Crippen molar-refractivity contribution >= 4 is 17.6 Å². The summed E-state index contributed by atoms with van der Waals surface area (Å²) in [7, 11) is 1.31. The first kappa shape index (κ1) is 24.2. The number of anilines is 1. The van der Waals surface area contributed by atoms with Gasteiger partial charge in [0.2, 0.25) is 5.91 Å². The van der Waals surface area contributed by atoms with Crippen LogP contribution in [0.2, 0.25) is 0 Å². The number of carbonyl (C=O) groups excluding carboxylic acids is 2. The van der Waals surface area contributed by atoms with Gasteiger partial charge in [-0.15, -0.1) is 13.2 Å². The van der Waals surface area contributed by atoms with E-state index in [0.29, 0.717) is 22.6 Å². The maximum atomic E-state index is 12.5. The van der Waals surface area contributed by atoms with Gasteiger partial charge in [0.25, 0.3) is 0 Å². The molecule has 3 aromatic rings. The van der Waals surface area contributed by atoms with Crippen molar-refractivity contribution in [3.8, 4) is 23.0 Å². The Morgan fingerprint density at radius 2 is 1.62 bits per heavy atom. The topological polar surface area (TPSA) is 112 Å². The van der Waals surface area contributed by atoms with Gasteiger partial charge in [-0.2, -0.15) is 0 Å². The Labute approximate surface area is 192 Å². The molecule has 3 amide bonds. The van der Waals surface area contributed by atoms with Gasteiger partial charge in [0, 0.05) is 23.7 Å². The first-order valence-electron chi connectivity index (χ1n) is 9.79. The molecule has 0 saturated carbocycles. The largest absolute Gasteiger partial charge is 0.573 e. The van der Waals surface area contributed by atoms with Gasteiger partial charge in [-0.1, -0.05) is 18.2 Å². The lowest BCUT2D eigenvalue weighted by Gasteiger charge is -2.15. The molecule has 0 bridgehead atoms. The monoisotopic (exact) mass is 475 g/mol. The van der Waals surface area contributed by atoms with E-state index >= 15 is 0 Å². The van der Waals surface area contributed by atoms with E-state index in [0.717, 1.165) is 12.1 Å². The zero-order valence-corrected chi connectivity index (χ0v) is 17.8. The van der Waals surface area contributed by atoms with Crippen LogP contribution in [-0.2, 0) is 6.54 Å². The number of hydrogen-bond acceptors (Lipinski definition) is 5. The summed E-state index contributed by atoms with van der Waals surface area (Å²) in [4.78, 5) is 23.6. The number of halogens is 3. The molecule has 3 rings (SSSR count). The molecule has 0 aliphatic rings. The second kappa shape index (κ2) is 10.5. The molecule has 0 aliphatic carbocycles. The lowest BCUT2D eigenvalue weighted by molar-refractivity contribution is -0.274. The quantitative estimate of drug-likeness (QED) is 0.433. The first-order valence-corrected chi connectivity index (χ1v) is 9.79. The van der Waals surface area contributed by atoms with Crippen LogP contribution in [0.3, 0.4) is 0 Å². The number of methoxy groups -OCH3 is 1. The number of nitrogens with one attached hydrogen (secondary N) is 2. The fraction of sp³-hybridized carbons (Fsp3) is 0.130. The van der Waals surface area contributed by atoms with Crippen LogP contribution in [0.1, 0.15) is 15.9 Å². The molecule has 0 aromatic heterocycles. The predicted molar refractivity (Wildman–Crippen MR) is 117 cm³/mol. The van der Waals surface area contributed by atoms with Crippen molar-refractivity contribution in [1.29, 1.82) is 0 Å².